The third-order valence-corrected chi connectivity index (χ3v) is 3.75. The lowest BCUT2D eigenvalue weighted by molar-refractivity contribution is 1.08. The lowest BCUT2D eigenvalue weighted by Gasteiger charge is -2.10. The van der Waals surface area contributed by atoms with E-state index >= 15 is 0 Å². The van der Waals surface area contributed by atoms with Gasteiger partial charge in [-0.25, -0.2) is 0 Å². The van der Waals surface area contributed by atoms with Crippen molar-refractivity contribution in [3.05, 3.63) is 0 Å². The summed E-state index contributed by atoms with van der Waals surface area (Å²) in [6.07, 6.45) is 0. The Morgan fingerprint density at radius 1 is 1.10 bits per heavy atom. The van der Waals surface area contributed by atoms with Crippen LogP contribution < -0.4 is 0 Å². The molecule has 0 spiro atoms. The second-order valence-electron chi connectivity index (χ2n) is 2.65. The second kappa shape index (κ2) is 6.41. The van der Waals surface area contributed by atoms with Gasteiger partial charge in [-0.1, -0.05) is 27.7 Å². The Balaban J connectivity index is 3.12. The summed E-state index contributed by atoms with van der Waals surface area (Å²) >= 11 is 4.11. The molecule has 0 amide bonds. The van der Waals surface area contributed by atoms with Crippen molar-refractivity contribution in [2.45, 2.75) is 38.2 Å². The molecule has 0 N–H and O–H groups in total. The topological polar surface area (TPSA) is 0 Å². The predicted octanol–water partition coefficient (Wildman–Crippen LogP) is 3.27. The number of hydrogen-bond donors (Lipinski definition) is 0. The van der Waals surface area contributed by atoms with Crippen molar-refractivity contribution in [2.24, 2.45) is 0 Å². The van der Waals surface area contributed by atoms with Gasteiger partial charge in [-0.2, -0.15) is 23.5 Å². The van der Waals surface area contributed by atoms with E-state index in [1.54, 1.807) is 0 Å². The van der Waals surface area contributed by atoms with Gasteiger partial charge in [0.1, 0.15) is 0 Å². The SMILES string of the molecule is CCSC(C)CSC(C)C. The molecule has 1 unspecified atom stereocenters. The minimum atomic E-state index is 0.792. The molecule has 0 aromatic carbocycles. The Bertz CT molecular complexity index is 71.7. The van der Waals surface area contributed by atoms with E-state index in [2.05, 4.69) is 51.2 Å². The Kier molecular flexibility index (Phi) is 6.86. The molecule has 0 aromatic rings. The molecule has 0 fully saturated rings. The summed E-state index contributed by atoms with van der Waals surface area (Å²) in [7, 11) is 0. The molecule has 0 aliphatic rings. The van der Waals surface area contributed by atoms with Gasteiger partial charge in [-0.15, -0.1) is 0 Å². The molecule has 0 aliphatic carbocycles. The van der Waals surface area contributed by atoms with Crippen LogP contribution in [0, 0.1) is 0 Å². The van der Waals surface area contributed by atoms with Gasteiger partial charge in [-0.3, -0.25) is 0 Å². The van der Waals surface area contributed by atoms with Gasteiger partial charge in [0.2, 0.25) is 0 Å². The molecule has 0 saturated heterocycles. The van der Waals surface area contributed by atoms with Crippen molar-refractivity contribution >= 4 is 23.5 Å². The fraction of sp³-hybridized carbons (Fsp3) is 1.00. The molecule has 0 aromatic heterocycles. The van der Waals surface area contributed by atoms with Crippen LogP contribution in [-0.2, 0) is 0 Å². The van der Waals surface area contributed by atoms with Crippen LogP contribution in [0.3, 0.4) is 0 Å². The molecule has 0 heterocycles. The summed E-state index contributed by atoms with van der Waals surface area (Å²) in [5, 5.41) is 1.62. The van der Waals surface area contributed by atoms with Gasteiger partial charge in [0.15, 0.2) is 0 Å². The van der Waals surface area contributed by atoms with Crippen molar-refractivity contribution in [2.75, 3.05) is 11.5 Å². The standard InChI is InChI=1S/C8H18S2/c1-5-9-8(4)6-10-7(2)3/h7-8H,5-6H2,1-4H3. The van der Waals surface area contributed by atoms with Crippen LogP contribution in [0.1, 0.15) is 27.7 Å². The van der Waals surface area contributed by atoms with Crippen LogP contribution in [0.25, 0.3) is 0 Å². The van der Waals surface area contributed by atoms with Crippen molar-refractivity contribution < 1.29 is 0 Å². The van der Waals surface area contributed by atoms with E-state index in [9.17, 15) is 0 Å². The van der Waals surface area contributed by atoms with E-state index in [1.165, 1.54) is 11.5 Å². The van der Waals surface area contributed by atoms with Crippen molar-refractivity contribution in [3.63, 3.8) is 0 Å². The van der Waals surface area contributed by atoms with E-state index in [-0.39, 0.29) is 0 Å². The zero-order chi connectivity index (χ0) is 7.98. The predicted molar refractivity (Wildman–Crippen MR) is 55.2 cm³/mol. The van der Waals surface area contributed by atoms with Crippen LogP contribution in [-0.4, -0.2) is 22.0 Å². The van der Waals surface area contributed by atoms with Gasteiger partial charge in [0.05, 0.1) is 0 Å². The normalized spacial score (nSPS) is 14.1. The van der Waals surface area contributed by atoms with Crippen LogP contribution in [0.2, 0.25) is 0 Å². The molecular weight excluding hydrogens is 160 g/mol. The van der Waals surface area contributed by atoms with Gasteiger partial charge in [0.25, 0.3) is 0 Å². The molecule has 0 rings (SSSR count). The van der Waals surface area contributed by atoms with Crippen molar-refractivity contribution in [3.8, 4) is 0 Å². The zero-order valence-electron chi connectivity index (χ0n) is 7.39. The average molecular weight is 178 g/mol. The summed E-state index contributed by atoms with van der Waals surface area (Å²) in [6.45, 7) is 9.05. The second-order valence-corrected chi connectivity index (χ2v) is 5.97. The minimum Gasteiger partial charge on any atom is -0.158 e. The number of rotatable bonds is 5. The third-order valence-electron chi connectivity index (χ3n) is 1.12. The molecule has 62 valence electrons. The highest BCUT2D eigenvalue weighted by Gasteiger charge is 2.01. The highest BCUT2D eigenvalue weighted by molar-refractivity contribution is 8.03. The Morgan fingerprint density at radius 3 is 2.10 bits per heavy atom. The molecule has 0 saturated carbocycles. The molecule has 2 heteroatoms. The van der Waals surface area contributed by atoms with Gasteiger partial charge < -0.3 is 0 Å². The quantitative estimate of drug-likeness (QED) is 0.634. The summed E-state index contributed by atoms with van der Waals surface area (Å²) in [6, 6.07) is 0. The Hall–Kier alpha value is 0.700. The molecule has 10 heavy (non-hydrogen) atoms. The lowest BCUT2D eigenvalue weighted by Crippen LogP contribution is -2.03. The van der Waals surface area contributed by atoms with E-state index < -0.39 is 0 Å². The molecule has 1 atom stereocenters. The van der Waals surface area contributed by atoms with E-state index in [1.807, 2.05) is 0 Å². The van der Waals surface area contributed by atoms with Crippen LogP contribution in [0.5, 0.6) is 0 Å². The monoisotopic (exact) mass is 178 g/mol. The summed E-state index contributed by atoms with van der Waals surface area (Å²) in [5.74, 6) is 2.55. The number of thioether (sulfide) groups is 2. The average Bonchev–Trinajstić information content (AvgIpc) is 1.85. The first-order valence-electron chi connectivity index (χ1n) is 3.90. The Labute approximate surface area is 73.5 Å². The zero-order valence-corrected chi connectivity index (χ0v) is 9.02. The maximum Gasteiger partial charge on any atom is 0.0109 e. The fourth-order valence-electron chi connectivity index (χ4n) is 0.661. The van der Waals surface area contributed by atoms with Crippen molar-refractivity contribution in [1.82, 2.24) is 0 Å². The smallest absolute Gasteiger partial charge is 0.0109 e. The number of hydrogen-bond acceptors (Lipinski definition) is 2. The largest absolute Gasteiger partial charge is 0.158 e. The van der Waals surface area contributed by atoms with Crippen LogP contribution in [0.15, 0.2) is 0 Å². The molecule has 0 aliphatic heterocycles. The van der Waals surface area contributed by atoms with Crippen molar-refractivity contribution in [1.29, 1.82) is 0 Å². The first kappa shape index (κ1) is 10.7. The molecular formula is C8H18S2. The van der Waals surface area contributed by atoms with Gasteiger partial charge >= 0.3 is 0 Å². The van der Waals surface area contributed by atoms with E-state index in [0.29, 0.717) is 0 Å². The lowest BCUT2D eigenvalue weighted by atomic mass is 10.5. The molecule has 0 bridgehead atoms. The third kappa shape index (κ3) is 6.81. The maximum absolute atomic E-state index is 2.31. The first-order chi connectivity index (χ1) is 4.66. The maximum atomic E-state index is 2.31. The van der Waals surface area contributed by atoms with Crippen LogP contribution in [0.4, 0.5) is 0 Å². The molecule has 0 nitrogen and oxygen atoms in total. The highest BCUT2D eigenvalue weighted by Crippen LogP contribution is 2.18. The summed E-state index contributed by atoms with van der Waals surface area (Å²) in [4.78, 5) is 0. The van der Waals surface area contributed by atoms with Gasteiger partial charge in [-0.05, 0) is 11.0 Å². The summed E-state index contributed by atoms with van der Waals surface area (Å²) in [5.41, 5.74) is 0. The van der Waals surface area contributed by atoms with Gasteiger partial charge in [0, 0.05) is 11.0 Å². The highest BCUT2D eigenvalue weighted by atomic mass is 32.2. The fourth-order valence-corrected chi connectivity index (χ4v) is 2.51. The Morgan fingerprint density at radius 2 is 1.70 bits per heavy atom. The van der Waals surface area contributed by atoms with E-state index in [0.717, 1.165) is 10.5 Å². The molecule has 0 radical (unpaired) electrons. The van der Waals surface area contributed by atoms with E-state index in [4.69, 9.17) is 0 Å². The first-order valence-corrected chi connectivity index (χ1v) is 5.99. The van der Waals surface area contributed by atoms with Crippen LogP contribution >= 0.6 is 23.5 Å². The summed E-state index contributed by atoms with van der Waals surface area (Å²) < 4.78 is 0. The minimum absolute atomic E-state index is 0.792.